The fourth-order valence-electron chi connectivity index (χ4n) is 1.84. The van der Waals surface area contributed by atoms with Gasteiger partial charge in [-0.05, 0) is 25.7 Å². The number of hydrogen-bond donors (Lipinski definition) is 1. The van der Waals surface area contributed by atoms with E-state index in [4.69, 9.17) is 10.2 Å². The first-order valence-corrected chi connectivity index (χ1v) is 4.81. The van der Waals surface area contributed by atoms with Gasteiger partial charge in [0.15, 0.2) is 0 Å². The lowest BCUT2D eigenvalue weighted by molar-refractivity contribution is 0.334. The second-order valence-electron chi connectivity index (χ2n) is 3.77. The van der Waals surface area contributed by atoms with Crippen molar-refractivity contribution in [3.63, 3.8) is 0 Å². The summed E-state index contributed by atoms with van der Waals surface area (Å²) in [6.45, 7) is 1.82. The summed E-state index contributed by atoms with van der Waals surface area (Å²) in [4.78, 5) is 0. The van der Waals surface area contributed by atoms with Crippen LogP contribution in [0.5, 0.6) is 0 Å². The maximum atomic E-state index is 5.81. The van der Waals surface area contributed by atoms with Crippen LogP contribution in [0.15, 0.2) is 4.42 Å². The molecule has 0 aliphatic heterocycles. The van der Waals surface area contributed by atoms with Crippen LogP contribution in [0.3, 0.4) is 0 Å². The SMILES string of the molecule is Cc1nnc([C@H]2CC[C@H](N)CC2)o1.Cl. The van der Waals surface area contributed by atoms with Crippen molar-refractivity contribution in [1.82, 2.24) is 10.2 Å². The minimum Gasteiger partial charge on any atom is -0.425 e. The largest absolute Gasteiger partial charge is 0.425 e. The van der Waals surface area contributed by atoms with Crippen LogP contribution in [0.1, 0.15) is 43.4 Å². The lowest BCUT2D eigenvalue weighted by Gasteiger charge is -2.23. The van der Waals surface area contributed by atoms with Gasteiger partial charge in [0.2, 0.25) is 11.8 Å². The third kappa shape index (κ3) is 2.45. The topological polar surface area (TPSA) is 64.9 Å². The number of aryl methyl sites for hydroxylation is 1. The summed E-state index contributed by atoms with van der Waals surface area (Å²) in [6, 6.07) is 0.375. The molecule has 0 saturated heterocycles. The maximum absolute atomic E-state index is 5.81. The number of nitrogens with zero attached hydrogens (tertiary/aromatic N) is 2. The van der Waals surface area contributed by atoms with Crippen LogP contribution < -0.4 is 5.73 Å². The fraction of sp³-hybridized carbons (Fsp3) is 0.778. The number of nitrogens with two attached hydrogens (primary N) is 1. The minimum atomic E-state index is 0. The van der Waals surface area contributed by atoms with E-state index in [1.54, 1.807) is 0 Å². The highest BCUT2D eigenvalue weighted by Crippen LogP contribution is 2.31. The van der Waals surface area contributed by atoms with E-state index in [9.17, 15) is 0 Å². The van der Waals surface area contributed by atoms with E-state index in [1.165, 1.54) is 0 Å². The smallest absolute Gasteiger partial charge is 0.219 e. The van der Waals surface area contributed by atoms with Gasteiger partial charge >= 0.3 is 0 Å². The summed E-state index contributed by atoms with van der Waals surface area (Å²) in [5.41, 5.74) is 5.81. The average molecular weight is 218 g/mol. The van der Waals surface area contributed by atoms with Gasteiger partial charge in [-0.1, -0.05) is 0 Å². The Hall–Kier alpha value is -0.610. The third-order valence-corrected chi connectivity index (χ3v) is 2.66. The van der Waals surface area contributed by atoms with Gasteiger partial charge in [0.1, 0.15) is 0 Å². The molecule has 1 heterocycles. The van der Waals surface area contributed by atoms with Gasteiger partial charge in [0.05, 0.1) is 0 Å². The lowest BCUT2D eigenvalue weighted by Crippen LogP contribution is -2.25. The van der Waals surface area contributed by atoms with Crippen LogP contribution in [-0.4, -0.2) is 16.2 Å². The molecule has 1 aromatic rings. The highest BCUT2D eigenvalue weighted by molar-refractivity contribution is 5.85. The zero-order valence-electron chi connectivity index (χ0n) is 8.27. The Labute approximate surface area is 89.7 Å². The molecule has 0 atom stereocenters. The van der Waals surface area contributed by atoms with Crippen LogP contribution in [0.2, 0.25) is 0 Å². The summed E-state index contributed by atoms with van der Waals surface area (Å²) >= 11 is 0. The van der Waals surface area contributed by atoms with E-state index in [1.807, 2.05) is 6.92 Å². The summed E-state index contributed by atoms with van der Waals surface area (Å²) in [7, 11) is 0. The Kier molecular flexibility index (Phi) is 3.89. The molecule has 0 aromatic carbocycles. The average Bonchev–Trinajstić information content (AvgIpc) is 2.53. The quantitative estimate of drug-likeness (QED) is 0.779. The minimum absolute atomic E-state index is 0. The molecule has 1 saturated carbocycles. The summed E-state index contributed by atoms with van der Waals surface area (Å²) in [5, 5.41) is 7.87. The van der Waals surface area contributed by atoms with Crippen molar-refractivity contribution in [1.29, 1.82) is 0 Å². The second-order valence-corrected chi connectivity index (χ2v) is 3.77. The van der Waals surface area contributed by atoms with Crippen LogP contribution in [0, 0.1) is 6.92 Å². The first-order valence-electron chi connectivity index (χ1n) is 4.81. The molecule has 80 valence electrons. The Bertz CT molecular complexity index is 281. The van der Waals surface area contributed by atoms with Crippen molar-refractivity contribution in [2.75, 3.05) is 0 Å². The molecule has 0 unspecified atom stereocenters. The van der Waals surface area contributed by atoms with Crippen LogP contribution >= 0.6 is 12.4 Å². The van der Waals surface area contributed by atoms with Crippen molar-refractivity contribution < 1.29 is 4.42 Å². The summed E-state index contributed by atoms with van der Waals surface area (Å²) in [5.74, 6) is 1.90. The van der Waals surface area contributed by atoms with Crippen LogP contribution in [0.25, 0.3) is 0 Å². The van der Waals surface area contributed by atoms with E-state index in [0.29, 0.717) is 17.9 Å². The Morgan fingerprint density at radius 2 is 1.86 bits per heavy atom. The van der Waals surface area contributed by atoms with E-state index >= 15 is 0 Å². The number of aromatic nitrogens is 2. The van der Waals surface area contributed by atoms with Crippen molar-refractivity contribution in [3.8, 4) is 0 Å². The molecule has 2 rings (SSSR count). The standard InChI is InChI=1S/C9H15N3O.ClH/c1-6-11-12-9(13-6)7-2-4-8(10)5-3-7;/h7-8H,2-5,10H2,1H3;1H/t7-,8-;. The van der Waals surface area contributed by atoms with Crippen molar-refractivity contribution in [2.45, 2.75) is 44.6 Å². The molecule has 5 heteroatoms. The highest BCUT2D eigenvalue weighted by Gasteiger charge is 2.23. The first kappa shape index (κ1) is 11.5. The first-order chi connectivity index (χ1) is 6.25. The fourth-order valence-corrected chi connectivity index (χ4v) is 1.84. The van der Waals surface area contributed by atoms with E-state index in [2.05, 4.69) is 10.2 Å². The van der Waals surface area contributed by atoms with E-state index in [-0.39, 0.29) is 12.4 Å². The molecule has 0 amide bonds. The van der Waals surface area contributed by atoms with Gasteiger partial charge < -0.3 is 10.2 Å². The predicted molar refractivity (Wildman–Crippen MR) is 55.5 cm³/mol. The molecule has 0 spiro atoms. The van der Waals surface area contributed by atoms with E-state index in [0.717, 1.165) is 31.6 Å². The van der Waals surface area contributed by atoms with Crippen LogP contribution in [0.4, 0.5) is 0 Å². The van der Waals surface area contributed by atoms with Gasteiger partial charge in [0.25, 0.3) is 0 Å². The van der Waals surface area contributed by atoms with E-state index < -0.39 is 0 Å². The Morgan fingerprint density at radius 1 is 1.21 bits per heavy atom. The van der Waals surface area contributed by atoms with Crippen molar-refractivity contribution in [2.24, 2.45) is 5.73 Å². The normalized spacial score (nSPS) is 27.0. The molecule has 4 nitrogen and oxygen atoms in total. The van der Waals surface area contributed by atoms with Gasteiger partial charge in [0, 0.05) is 18.9 Å². The molecule has 0 radical (unpaired) electrons. The molecule has 1 aromatic heterocycles. The Morgan fingerprint density at radius 3 is 2.36 bits per heavy atom. The molecule has 1 aliphatic carbocycles. The number of halogens is 1. The molecular formula is C9H16ClN3O. The third-order valence-electron chi connectivity index (χ3n) is 2.66. The predicted octanol–water partition coefficient (Wildman–Crippen LogP) is 1.78. The number of rotatable bonds is 1. The second kappa shape index (κ2) is 4.75. The van der Waals surface area contributed by atoms with Crippen molar-refractivity contribution >= 4 is 12.4 Å². The number of hydrogen-bond acceptors (Lipinski definition) is 4. The molecule has 14 heavy (non-hydrogen) atoms. The zero-order valence-corrected chi connectivity index (χ0v) is 9.09. The summed E-state index contributed by atoms with van der Waals surface area (Å²) in [6.07, 6.45) is 4.32. The monoisotopic (exact) mass is 217 g/mol. The van der Waals surface area contributed by atoms with Crippen LogP contribution in [-0.2, 0) is 0 Å². The molecule has 2 N–H and O–H groups in total. The van der Waals surface area contributed by atoms with Gasteiger partial charge in [-0.25, -0.2) is 0 Å². The molecular weight excluding hydrogens is 202 g/mol. The van der Waals surface area contributed by atoms with Gasteiger partial charge in [-0.2, -0.15) is 0 Å². The van der Waals surface area contributed by atoms with Gasteiger partial charge in [-0.15, -0.1) is 22.6 Å². The summed E-state index contributed by atoms with van der Waals surface area (Å²) < 4.78 is 5.40. The van der Waals surface area contributed by atoms with Crippen molar-refractivity contribution in [3.05, 3.63) is 11.8 Å². The highest BCUT2D eigenvalue weighted by atomic mass is 35.5. The Balaban J connectivity index is 0.000000980. The lowest BCUT2D eigenvalue weighted by atomic mass is 9.86. The molecule has 0 bridgehead atoms. The zero-order chi connectivity index (χ0) is 9.26. The molecule has 1 aliphatic rings. The molecule has 1 fully saturated rings. The maximum Gasteiger partial charge on any atom is 0.219 e. The van der Waals surface area contributed by atoms with Gasteiger partial charge in [-0.3, -0.25) is 0 Å².